The molecular formula is C52H60O4. The van der Waals surface area contributed by atoms with E-state index in [0.717, 1.165) is 88.7 Å². The SMILES string of the molecule is Cc1cc(O)c(C(C)C)cc1C(c1ccc2cc(C(c3cc(C(C)C)c(O)cc3C)c3cc(C(C)C)c(O)cc3C)ccc2c1)c1cc(C(C)C)c(O)cc1C. The van der Waals surface area contributed by atoms with Gasteiger partial charge in [-0.25, -0.2) is 0 Å². The first kappa shape index (κ1) is 40.4. The van der Waals surface area contributed by atoms with Gasteiger partial charge >= 0.3 is 0 Å². The largest absolute Gasteiger partial charge is 0.508 e. The van der Waals surface area contributed by atoms with E-state index in [4.69, 9.17) is 0 Å². The summed E-state index contributed by atoms with van der Waals surface area (Å²) < 4.78 is 0. The van der Waals surface area contributed by atoms with Gasteiger partial charge in [0.15, 0.2) is 0 Å². The minimum Gasteiger partial charge on any atom is -0.508 e. The topological polar surface area (TPSA) is 80.9 Å². The maximum absolute atomic E-state index is 11.0. The predicted octanol–water partition coefficient (Wildman–Crippen LogP) is 13.7. The van der Waals surface area contributed by atoms with E-state index in [1.54, 1.807) is 0 Å². The summed E-state index contributed by atoms with van der Waals surface area (Å²) in [4.78, 5) is 0. The lowest BCUT2D eigenvalue weighted by Crippen LogP contribution is -2.10. The Balaban J connectivity index is 1.59. The summed E-state index contributed by atoms with van der Waals surface area (Å²) in [6.45, 7) is 25.2. The lowest BCUT2D eigenvalue weighted by atomic mass is 9.77. The fourth-order valence-corrected chi connectivity index (χ4v) is 8.70. The number of hydrogen-bond acceptors (Lipinski definition) is 4. The van der Waals surface area contributed by atoms with Gasteiger partial charge in [0.1, 0.15) is 23.0 Å². The van der Waals surface area contributed by atoms with Gasteiger partial charge in [-0.05, 0) is 164 Å². The second-order valence-corrected chi connectivity index (χ2v) is 17.4. The van der Waals surface area contributed by atoms with E-state index in [2.05, 4.69) is 144 Å². The lowest BCUT2D eigenvalue weighted by molar-refractivity contribution is 0.462. The van der Waals surface area contributed by atoms with E-state index < -0.39 is 0 Å². The molecule has 0 fully saturated rings. The molecule has 6 rings (SSSR count). The molecule has 0 aliphatic rings. The van der Waals surface area contributed by atoms with Crippen LogP contribution in [0.4, 0.5) is 0 Å². The van der Waals surface area contributed by atoms with Gasteiger partial charge in [-0.1, -0.05) is 116 Å². The Morgan fingerprint density at radius 1 is 0.304 bits per heavy atom. The number of aryl methyl sites for hydroxylation is 4. The molecule has 6 aromatic carbocycles. The van der Waals surface area contributed by atoms with E-state index in [9.17, 15) is 20.4 Å². The van der Waals surface area contributed by atoms with Crippen LogP contribution < -0.4 is 0 Å². The quantitative estimate of drug-likeness (QED) is 0.105. The first-order chi connectivity index (χ1) is 26.4. The number of rotatable bonds is 10. The summed E-state index contributed by atoms with van der Waals surface area (Å²) in [7, 11) is 0. The Bertz CT molecular complexity index is 2130. The zero-order chi connectivity index (χ0) is 40.9. The second kappa shape index (κ2) is 15.7. The van der Waals surface area contributed by atoms with Crippen LogP contribution in [0.3, 0.4) is 0 Å². The highest BCUT2D eigenvalue weighted by molar-refractivity contribution is 5.85. The van der Waals surface area contributed by atoms with Crippen LogP contribution in [0.1, 0.15) is 169 Å². The van der Waals surface area contributed by atoms with Crippen molar-refractivity contribution in [1.82, 2.24) is 0 Å². The Kier molecular flexibility index (Phi) is 11.4. The molecule has 0 saturated carbocycles. The third-order valence-electron chi connectivity index (χ3n) is 11.9. The van der Waals surface area contributed by atoms with Gasteiger partial charge in [0, 0.05) is 11.8 Å². The molecule has 0 radical (unpaired) electrons. The number of aromatic hydroxyl groups is 4. The fraction of sp³-hybridized carbons (Fsp3) is 0.346. The molecule has 0 saturated heterocycles. The van der Waals surface area contributed by atoms with Crippen LogP contribution in [-0.2, 0) is 0 Å². The Morgan fingerprint density at radius 2 is 0.536 bits per heavy atom. The van der Waals surface area contributed by atoms with Crippen LogP contribution in [0.25, 0.3) is 10.8 Å². The van der Waals surface area contributed by atoms with Crippen LogP contribution in [0.2, 0.25) is 0 Å². The fourth-order valence-electron chi connectivity index (χ4n) is 8.70. The maximum atomic E-state index is 11.0. The normalized spacial score (nSPS) is 12.1. The van der Waals surface area contributed by atoms with E-state index in [0.29, 0.717) is 23.0 Å². The third kappa shape index (κ3) is 7.63. The first-order valence-corrected chi connectivity index (χ1v) is 20.2. The van der Waals surface area contributed by atoms with Crippen molar-refractivity contribution in [2.24, 2.45) is 0 Å². The van der Waals surface area contributed by atoms with Crippen molar-refractivity contribution in [2.45, 2.75) is 119 Å². The van der Waals surface area contributed by atoms with Gasteiger partial charge in [0.2, 0.25) is 0 Å². The average Bonchev–Trinajstić information content (AvgIpc) is 3.11. The van der Waals surface area contributed by atoms with Crippen LogP contribution in [-0.4, -0.2) is 20.4 Å². The molecular weight excluding hydrogens is 689 g/mol. The van der Waals surface area contributed by atoms with Crippen LogP contribution in [0.15, 0.2) is 84.9 Å². The molecule has 4 nitrogen and oxygen atoms in total. The van der Waals surface area contributed by atoms with Crippen molar-refractivity contribution in [3.63, 3.8) is 0 Å². The summed E-state index contributed by atoms with van der Waals surface area (Å²) >= 11 is 0. The summed E-state index contributed by atoms with van der Waals surface area (Å²) in [6, 6.07) is 29.8. The summed E-state index contributed by atoms with van der Waals surface area (Å²) in [5.41, 5.74) is 14.6. The zero-order valence-corrected chi connectivity index (χ0v) is 35.3. The van der Waals surface area contributed by atoms with Crippen LogP contribution in [0.5, 0.6) is 23.0 Å². The molecule has 6 aromatic rings. The molecule has 292 valence electrons. The molecule has 0 amide bonds. The van der Waals surface area contributed by atoms with Crippen LogP contribution >= 0.6 is 0 Å². The summed E-state index contributed by atoms with van der Waals surface area (Å²) in [5, 5.41) is 46.2. The number of phenolic OH excluding ortho intramolecular Hbond substituents is 4. The van der Waals surface area contributed by atoms with E-state index in [-0.39, 0.29) is 35.5 Å². The van der Waals surface area contributed by atoms with Crippen molar-refractivity contribution in [3.05, 3.63) is 163 Å². The summed E-state index contributed by atoms with van der Waals surface area (Å²) in [5.74, 6) is 1.59. The van der Waals surface area contributed by atoms with Crippen molar-refractivity contribution in [1.29, 1.82) is 0 Å². The lowest BCUT2D eigenvalue weighted by Gasteiger charge is -2.27. The molecule has 56 heavy (non-hydrogen) atoms. The molecule has 0 heterocycles. The zero-order valence-electron chi connectivity index (χ0n) is 35.3. The average molecular weight is 749 g/mol. The van der Waals surface area contributed by atoms with E-state index in [1.165, 1.54) is 0 Å². The third-order valence-corrected chi connectivity index (χ3v) is 11.9. The van der Waals surface area contributed by atoms with Gasteiger partial charge in [-0.2, -0.15) is 0 Å². The molecule has 0 aliphatic carbocycles. The van der Waals surface area contributed by atoms with E-state index >= 15 is 0 Å². The van der Waals surface area contributed by atoms with Gasteiger partial charge in [0.25, 0.3) is 0 Å². The molecule has 0 atom stereocenters. The Labute approximate surface area is 334 Å². The maximum Gasteiger partial charge on any atom is 0.119 e. The highest BCUT2D eigenvalue weighted by atomic mass is 16.3. The molecule has 0 unspecified atom stereocenters. The van der Waals surface area contributed by atoms with Crippen molar-refractivity contribution >= 4 is 10.8 Å². The molecule has 0 aliphatic heterocycles. The smallest absolute Gasteiger partial charge is 0.119 e. The molecule has 4 N–H and O–H groups in total. The Morgan fingerprint density at radius 3 is 0.750 bits per heavy atom. The minimum atomic E-state index is -0.133. The van der Waals surface area contributed by atoms with Crippen molar-refractivity contribution in [2.75, 3.05) is 0 Å². The molecule has 0 bridgehead atoms. The van der Waals surface area contributed by atoms with Crippen LogP contribution in [0, 0.1) is 27.7 Å². The second-order valence-electron chi connectivity index (χ2n) is 17.4. The summed E-state index contributed by atoms with van der Waals surface area (Å²) in [6.07, 6.45) is 0. The Hall–Kier alpha value is -5.22. The van der Waals surface area contributed by atoms with Gasteiger partial charge in [-0.15, -0.1) is 0 Å². The number of fused-ring (bicyclic) bond motifs is 1. The molecule has 4 heteroatoms. The predicted molar refractivity (Wildman–Crippen MR) is 234 cm³/mol. The highest BCUT2D eigenvalue weighted by Gasteiger charge is 2.27. The molecule has 0 aromatic heterocycles. The highest BCUT2D eigenvalue weighted by Crippen LogP contribution is 2.45. The molecule has 0 spiro atoms. The van der Waals surface area contributed by atoms with E-state index in [1.807, 2.05) is 24.3 Å². The van der Waals surface area contributed by atoms with Gasteiger partial charge in [0.05, 0.1) is 0 Å². The first-order valence-electron chi connectivity index (χ1n) is 20.2. The van der Waals surface area contributed by atoms with Crippen molar-refractivity contribution < 1.29 is 20.4 Å². The van der Waals surface area contributed by atoms with Crippen molar-refractivity contribution in [3.8, 4) is 23.0 Å². The standard InChI is InChI=1S/C52H60O4/c1-27(2)39-23-43(31(9)17-47(39)53)51(44-24-40(28(3)4)48(54)18-32(44)10)37-15-13-36-22-38(16-14-35(36)21-37)52(45-25-41(29(5)6)49(55)19-33(45)11)46-26-42(30(7)8)50(56)20-34(46)12/h13-30,51-56H,1-12H3. The number of benzene rings is 6. The minimum absolute atomic E-state index is 0.133. The van der Waals surface area contributed by atoms with Gasteiger partial charge < -0.3 is 20.4 Å². The number of hydrogen-bond donors (Lipinski definition) is 4. The number of phenols is 4. The monoisotopic (exact) mass is 748 g/mol. The van der Waals surface area contributed by atoms with Gasteiger partial charge in [-0.3, -0.25) is 0 Å².